The molecule has 6 nitrogen and oxygen atoms in total. The standard InChI is InChI=1S/C24H33N3O3/c1-3-19(20-9-5-10-21(16-20)23(28)27-25)14-17-7-4-8-18(13-17)15-22(24(29)30)11-6-12-26-2/h4-5,7-10,13,16,19,22,26H,3,6,11-12,14-15,25H2,1-2H3,(H,27,28)(H,29,30). The zero-order chi connectivity index (χ0) is 21.9. The number of nitrogens with two attached hydrogens (primary N) is 1. The largest absolute Gasteiger partial charge is 0.481 e. The topological polar surface area (TPSA) is 104 Å². The summed E-state index contributed by atoms with van der Waals surface area (Å²) >= 11 is 0. The van der Waals surface area contributed by atoms with E-state index in [-0.39, 0.29) is 17.7 Å². The predicted molar refractivity (Wildman–Crippen MR) is 119 cm³/mol. The summed E-state index contributed by atoms with van der Waals surface area (Å²) in [5.41, 5.74) is 6.05. The van der Waals surface area contributed by atoms with Gasteiger partial charge in [0.2, 0.25) is 0 Å². The normalized spacial score (nSPS) is 12.9. The van der Waals surface area contributed by atoms with E-state index in [2.05, 4.69) is 29.8 Å². The van der Waals surface area contributed by atoms with Gasteiger partial charge in [-0.15, -0.1) is 0 Å². The Kier molecular flexibility index (Phi) is 9.51. The summed E-state index contributed by atoms with van der Waals surface area (Å²) in [7, 11) is 1.88. The lowest BCUT2D eigenvalue weighted by molar-refractivity contribution is -0.141. The number of hydrazine groups is 1. The van der Waals surface area contributed by atoms with E-state index in [0.717, 1.165) is 36.9 Å². The van der Waals surface area contributed by atoms with Crippen molar-refractivity contribution < 1.29 is 14.7 Å². The average Bonchev–Trinajstić information content (AvgIpc) is 2.76. The van der Waals surface area contributed by atoms with Gasteiger partial charge in [0.1, 0.15) is 0 Å². The monoisotopic (exact) mass is 411 g/mol. The van der Waals surface area contributed by atoms with Crippen LogP contribution in [0.5, 0.6) is 0 Å². The van der Waals surface area contributed by atoms with Crippen molar-refractivity contribution >= 4 is 11.9 Å². The van der Waals surface area contributed by atoms with E-state index in [1.807, 2.05) is 37.4 Å². The highest BCUT2D eigenvalue weighted by atomic mass is 16.4. The number of aliphatic carboxylic acids is 1. The highest BCUT2D eigenvalue weighted by Crippen LogP contribution is 2.26. The lowest BCUT2D eigenvalue weighted by Crippen LogP contribution is -2.30. The zero-order valence-electron chi connectivity index (χ0n) is 17.9. The number of hydrogen-bond acceptors (Lipinski definition) is 4. The molecule has 0 aliphatic carbocycles. The molecule has 2 rings (SSSR count). The third-order valence-corrected chi connectivity index (χ3v) is 5.53. The molecule has 0 saturated carbocycles. The van der Waals surface area contributed by atoms with Gasteiger partial charge in [-0.3, -0.25) is 15.0 Å². The minimum absolute atomic E-state index is 0.261. The first-order chi connectivity index (χ1) is 14.5. The molecule has 2 aromatic rings. The maximum absolute atomic E-state index is 11.8. The first kappa shape index (κ1) is 23.6. The van der Waals surface area contributed by atoms with Gasteiger partial charge in [-0.2, -0.15) is 0 Å². The molecule has 0 aliphatic heterocycles. The minimum Gasteiger partial charge on any atom is -0.481 e. The van der Waals surface area contributed by atoms with Gasteiger partial charge in [0.15, 0.2) is 0 Å². The minimum atomic E-state index is -0.738. The van der Waals surface area contributed by atoms with E-state index >= 15 is 0 Å². The Morgan fingerprint density at radius 2 is 1.77 bits per heavy atom. The second kappa shape index (κ2) is 12.1. The van der Waals surface area contributed by atoms with Gasteiger partial charge in [0.25, 0.3) is 5.91 Å². The first-order valence-corrected chi connectivity index (χ1v) is 10.5. The third kappa shape index (κ3) is 6.97. The molecule has 2 unspecified atom stereocenters. The van der Waals surface area contributed by atoms with Gasteiger partial charge in [0.05, 0.1) is 5.92 Å². The smallest absolute Gasteiger partial charge is 0.306 e. The van der Waals surface area contributed by atoms with E-state index in [1.165, 1.54) is 5.56 Å². The van der Waals surface area contributed by atoms with E-state index in [1.54, 1.807) is 6.07 Å². The van der Waals surface area contributed by atoms with Crippen LogP contribution in [0.4, 0.5) is 0 Å². The van der Waals surface area contributed by atoms with E-state index in [4.69, 9.17) is 5.84 Å². The zero-order valence-corrected chi connectivity index (χ0v) is 17.9. The second-order valence-electron chi connectivity index (χ2n) is 7.71. The summed E-state index contributed by atoms with van der Waals surface area (Å²) in [6, 6.07) is 15.8. The highest BCUT2D eigenvalue weighted by Gasteiger charge is 2.18. The molecule has 0 spiro atoms. The Labute approximate surface area is 178 Å². The van der Waals surface area contributed by atoms with E-state index in [0.29, 0.717) is 18.4 Å². The summed E-state index contributed by atoms with van der Waals surface area (Å²) in [6.07, 6.45) is 3.80. The van der Waals surface area contributed by atoms with Crippen molar-refractivity contribution in [3.63, 3.8) is 0 Å². The molecule has 0 fully saturated rings. The maximum atomic E-state index is 11.8. The van der Waals surface area contributed by atoms with Crippen LogP contribution in [0, 0.1) is 5.92 Å². The van der Waals surface area contributed by atoms with Crippen molar-refractivity contribution in [2.24, 2.45) is 11.8 Å². The summed E-state index contributed by atoms with van der Waals surface area (Å²) in [6.45, 7) is 2.95. The summed E-state index contributed by atoms with van der Waals surface area (Å²) in [5, 5.41) is 12.6. The molecule has 30 heavy (non-hydrogen) atoms. The Bertz CT molecular complexity index is 838. The average molecular weight is 412 g/mol. The summed E-state index contributed by atoms with van der Waals surface area (Å²) < 4.78 is 0. The Hall–Kier alpha value is -2.70. The van der Waals surface area contributed by atoms with Gasteiger partial charge in [-0.05, 0) is 80.4 Å². The number of rotatable bonds is 12. The van der Waals surface area contributed by atoms with Crippen LogP contribution in [0.25, 0.3) is 0 Å². The van der Waals surface area contributed by atoms with Gasteiger partial charge in [-0.25, -0.2) is 5.84 Å². The molecule has 162 valence electrons. The second-order valence-corrected chi connectivity index (χ2v) is 7.71. The number of nitrogens with one attached hydrogen (secondary N) is 2. The molecule has 0 bridgehead atoms. The van der Waals surface area contributed by atoms with Crippen molar-refractivity contribution in [1.82, 2.24) is 10.7 Å². The number of amides is 1. The van der Waals surface area contributed by atoms with Crippen LogP contribution in [0.3, 0.4) is 0 Å². The Morgan fingerprint density at radius 1 is 1.07 bits per heavy atom. The molecule has 6 heteroatoms. The SMILES string of the molecule is CCC(Cc1cccc(CC(CCCNC)C(=O)O)c1)c1cccc(C(=O)NN)c1. The van der Waals surface area contributed by atoms with Crippen LogP contribution in [0.1, 0.15) is 59.2 Å². The fourth-order valence-electron chi connectivity index (χ4n) is 3.81. The fourth-order valence-corrected chi connectivity index (χ4v) is 3.81. The maximum Gasteiger partial charge on any atom is 0.306 e. The van der Waals surface area contributed by atoms with Gasteiger partial charge in [-0.1, -0.05) is 43.3 Å². The van der Waals surface area contributed by atoms with Crippen molar-refractivity contribution in [3.05, 3.63) is 70.8 Å². The number of nitrogen functional groups attached to an aromatic ring is 1. The first-order valence-electron chi connectivity index (χ1n) is 10.5. The van der Waals surface area contributed by atoms with Crippen LogP contribution in [0.2, 0.25) is 0 Å². The number of carboxylic acids is 1. The number of benzene rings is 2. The van der Waals surface area contributed by atoms with Crippen molar-refractivity contribution in [2.75, 3.05) is 13.6 Å². The summed E-state index contributed by atoms with van der Waals surface area (Å²) in [5.74, 6) is 4.11. The Morgan fingerprint density at radius 3 is 2.40 bits per heavy atom. The van der Waals surface area contributed by atoms with Gasteiger partial charge < -0.3 is 10.4 Å². The molecule has 0 heterocycles. The van der Waals surface area contributed by atoms with Crippen LogP contribution < -0.4 is 16.6 Å². The third-order valence-electron chi connectivity index (χ3n) is 5.53. The highest BCUT2D eigenvalue weighted by molar-refractivity contribution is 5.93. The van der Waals surface area contributed by atoms with E-state index in [9.17, 15) is 14.7 Å². The molecule has 2 atom stereocenters. The lowest BCUT2D eigenvalue weighted by Gasteiger charge is -2.18. The number of hydrogen-bond donors (Lipinski definition) is 4. The molecule has 2 aromatic carbocycles. The fraction of sp³-hybridized carbons (Fsp3) is 0.417. The molecule has 0 aliphatic rings. The van der Waals surface area contributed by atoms with Gasteiger partial charge in [0, 0.05) is 5.56 Å². The molecular formula is C24H33N3O3. The number of carbonyl (C=O) groups is 2. The molecular weight excluding hydrogens is 378 g/mol. The predicted octanol–water partition coefficient (Wildman–Crippen LogP) is 3.27. The molecule has 0 radical (unpaired) electrons. The van der Waals surface area contributed by atoms with Crippen LogP contribution in [-0.4, -0.2) is 30.6 Å². The van der Waals surface area contributed by atoms with Crippen LogP contribution in [0.15, 0.2) is 48.5 Å². The van der Waals surface area contributed by atoms with Crippen molar-refractivity contribution in [1.29, 1.82) is 0 Å². The molecule has 0 aromatic heterocycles. The van der Waals surface area contributed by atoms with Crippen molar-refractivity contribution in [3.8, 4) is 0 Å². The van der Waals surface area contributed by atoms with Crippen LogP contribution >= 0.6 is 0 Å². The summed E-state index contributed by atoms with van der Waals surface area (Å²) in [4.78, 5) is 23.5. The molecule has 5 N–H and O–H groups in total. The lowest BCUT2D eigenvalue weighted by atomic mass is 9.87. The van der Waals surface area contributed by atoms with Gasteiger partial charge >= 0.3 is 5.97 Å². The van der Waals surface area contributed by atoms with Crippen LogP contribution in [-0.2, 0) is 17.6 Å². The molecule has 0 saturated heterocycles. The van der Waals surface area contributed by atoms with E-state index < -0.39 is 5.97 Å². The van der Waals surface area contributed by atoms with Crippen molar-refractivity contribution in [2.45, 2.75) is 44.9 Å². The quantitative estimate of drug-likeness (QED) is 0.186. The Balaban J connectivity index is 2.12. The number of carbonyl (C=O) groups excluding carboxylic acids is 1. The molecule has 1 amide bonds. The number of carboxylic acid groups (broad SMARTS) is 1.